The van der Waals surface area contributed by atoms with Crippen LogP contribution < -0.4 is 10.9 Å². The Labute approximate surface area is 129 Å². The molecule has 112 valence electrons. The molecule has 0 bridgehead atoms. The Balaban J connectivity index is 2.23. The highest BCUT2D eigenvalue weighted by atomic mass is 31.0. The summed E-state index contributed by atoms with van der Waals surface area (Å²) in [6.07, 6.45) is 0. The molecule has 0 saturated heterocycles. The Morgan fingerprint density at radius 3 is 2.41 bits per heavy atom. The molecule has 2 unspecified atom stereocenters. The molecule has 1 aromatic heterocycles. The molecule has 22 heavy (non-hydrogen) atoms. The van der Waals surface area contributed by atoms with Crippen LogP contribution in [0.3, 0.4) is 0 Å². The molecule has 0 spiro atoms. The summed E-state index contributed by atoms with van der Waals surface area (Å²) in [5, 5.41) is 8.57. The average molecular weight is 336 g/mol. The van der Waals surface area contributed by atoms with E-state index >= 15 is 0 Å². The van der Waals surface area contributed by atoms with Crippen molar-refractivity contribution in [3.05, 3.63) is 58.4 Å². The van der Waals surface area contributed by atoms with Gasteiger partial charge >= 0.3 is 0 Å². The lowest BCUT2D eigenvalue weighted by Gasteiger charge is -2.12. The van der Waals surface area contributed by atoms with Gasteiger partial charge in [-0.25, -0.2) is 5.10 Å². The SMILES string of the molecule is O=c1[nH]nc(-c2ccc(C(F)(F)P)cc2)c2c(P)cccc12. The van der Waals surface area contributed by atoms with E-state index in [1.807, 2.05) is 6.07 Å². The van der Waals surface area contributed by atoms with Crippen LogP contribution in [0.25, 0.3) is 22.0 Å². The van der Waals surface area contributed by atoms with Gasteiger partial charge in [0, 0.05) is 16.5 Å². The number of nitrogens with one attached hydrogen (secondary N) is 1. The lowest BCUT2D eigenvalue weighted by Crippen LogP contribution is -2.12. The highest BCUT2D eigenvalue weighted by Crippen LogP contribution is 2.35. The minimum atomic E-state index is -2.97. The molecule has 0 aliphatic carbocycles. The summed E-state index contributed by atoms with van der Waals surface area (Å²) >= 11 is 0. The standard InChI is InChI=1S/C15H12F2N2OP2/c16-15(17,22)9-6-4-8(5-7-9)13-12-10(14(20)19-18-13)2-1-3-11(12)21/h1-7H,21-22H2,(H,19,20). The second kappa shape index (κ2) is 5.49. The number of alkyl halides is 2. The van der Waals surface area contributed by atoms with Crippen LogP contribution in [0.2, 0.25) is 0 Å². The van der Waals surface area contributed by atoms with E-state index in [9.17, 15) is 13.6 Å². The number of rotatable bonds is 2. The Morgan fingerprint density at radius 1 is 1.09 bits per heavy atom. The first-order valence-electron chi connectivity index (χ1n) is 6.42. The van der Waals surface area contributed by atoms with Gasteiger partial charge in [-0.2, -0.15) is 13.9 Å². The molecule has 3 aromatic rings. The van der Waals surface area contributed by atoms with Gasteiger partial charge in [0.1, 0.15) is 0 Å². The fourth-order valence-corrected chi connectivity index (χ4v) is 2.90. The Hall–Kier alpha value is -1.70. The van der Waals surface area contributed by atoms with Crippen LogP contribution in [0.1, 0.15) is 5.56 Å². The van der Waals surface area contributed by atoms with Gasteiger partial charge in [0.15, 0.2) is 0 Å². The first-order valence-corrected chi connectivity index (χ1v) is 7.58. The predicted molar refractivity (Wildman–Crippen MR) is 90.7 cm³/mol. The molecule has 7 heteroatoms. The van der Waals surface area contributed by atoms with E-state index in [1.165, 1.54) is 21.4 Å². The maximum absolute atomic E-state index is 13.3. The maximum Gasteiger partial charge on any atom is 0.283 e. The van der Waals surface area contributed by atoms with E-state index < -0.39 is 5.66 Å². The monoisotopic (exact) mass is 336 g/mol. The largest absolute Gasteiger partial charge is 0.283 e. The number of H-pyrrole nitrogens is 1. The van der Waals surface area contributed by atoms with Crippen LogP contribution in [0.4, 0.5) is 8.78 Å². The molecule has 0 radical (unpaired) electrons. The zero-order valence-electron chi connectivity index (χ0n) is 11.3. The highest BCUT2D eigenvalue weighted by Gasteiger charge is 2.24. The summed E-state index contributed by atoms with van der Waals surface area (Å²) < 4.78 is 26.5. The minimum Gasteiger partial charge on any atom is -0.267 e. The number of aromatic nitrogens is 2. The van der Waals surface area contributed by atoms with Crippen molar-refractivity contribution in [3.8, 4) is 11.3 Å². The number of nitrogens with zero attached hydrogens (tertiary/aromatic N) is 1. The molecule has 0 saturated carbocycles. The molecule has 0 aliphatic heterocycles. The lowest BCUT2D eigenvalue weighted by atomic mass is 10.0. The van der Waals surface area contributed by atoms with Crippen molar-refractivity contribution in [3.63, 3.8) is 0 Å². The molecular formula is C15H12F2N2OP2. The fourth-order valence-electron chi connectivity index (χ4n) is 2.31. The summed E-state index contributed by atoms with van der Waals surface area (Å²) in [6, 6.07) is 11.2. The minimum absolute atomic E-state index is 0.0962. The number of halogens is 2. The van der Waals surface area contributed by atoms with Gasteiger partial charge in [0.05, 0.1) is 11.1 Å². The first kappa shape index (κ1) is 15.2. The van der Waals surface area contributed by atoms with E-state index in [1.54, 1.807) is 24.3 Å². The summed E-state index contributed by atoms with van der Waals surface area (Å²) in [4.78, 5) is 11.9. The summed E-state index contributed by atoms with van der Waals surface area (Å²) in [6.45, 7) is 0. The lowest BCUT2D eigenvalue weighted by molar-refractivity contribution is 0.104. The van der Waals surface area contributed by atoms with Crippen LogP contribution in [0.15, 0.2) is 47.3 Å². The van der Waals surface area contributed by atoms with E-state index in [0.717, 1.165) is 5.30 Å². The molecule has 3 nitrogen and oxygen atoms in total. The number of hydrogen-bond donors (Lipinski definition) is 1. The molecule has 1 N–H and O–H groups in total. The smallest absolute Gasteiger partial charge is 0.267 e. The van der Waals surface area contributed by atoms with E-state index in [4.69, 9.17) is 0 Å². The van der Waals surface area contributed by atoms with Gasteiger partial charge in [-0.05, 0) is 11.4 Å². The molecule has 2 aromatic carbocycles. The van der Waals surface area contributed by atoms with E-state index in [2.05, 4.69) is 19.4 Å². The van der Waals surface area contributed by atoms with Crippen LogP contribution in [0.5, 0.6) is 0 Å². The summed E-state index contributed by atoms with van der Waals surface area (Å²) in [5.74, 6) is 0. The third kappa shape index (κ3) is 2.67. The van der Waals surface area contributed by atoms with Crippen LogP contribution in [-0.4, -0.2) is 10.2 Å². The zero-order valence-corrected chi connectivity index (χ0v) is 13.6. The number of benzene rings is 2. The molecule has 3 rings (SSSR count). The quantitative estimate of drug-likeness (QED) is 0.731. The Bertz CT molecular complexity index is 902. The molecule has 0 amide bonds. The summed E-state index contributed by atoms with van der Waals surface area (Å²) in [7, 11) is 4.07. The molecule has 0 fully saturated rings. The van der Waals surface area contributed by atoms with Gasteiger partial charge in [0.25, 0.3) is 11.2 Å². The van der Waals surface area contributed by atoms with Gasteiger partial charge < -0.3 is 0 Å². The van der Waals surface area contributed by atoms with Gasteiger partial charge in [-0.3, -0.25) is 4.79 Å². The zero-order chi connectivity index (χ0) is 15.9. The predicted octanol–water partition coefficient (Wildman–Crippen LogP) is 3.01. The van der Waals surface area contributed by atoms with Crippen molar-refractivity contribution >= 4 is 34.6 Å². The van der Waals surface area contributed by atoms with Crippen LogP contribution in [-0.2, 0) is 5.66 Å². The van der Waals surface area contributed by atoms with Crippen molar-refractivity contribution < 1.29 is 8.78 Å². The van der Waals surface area contributed by atoms with Gasteiger partial charge in [-0.15, -0.1) is 9.24 Å². The fraction of sp³-hybridized carbons (Fsp3) is 0.0667. The third-order valence-corrected chi connectivity index (χ3v) is 4.21. The Morgan fingerprint density at radius 2 is 1.77 bits per heavy atom. The molecule has 2 atom stereocenters. The highest BCUT2D eigenvalue weighted by molar-refractivity contribution is 7.28. The second-order valence-electron chi connectivity index (χ2n) is 4.87. The summed E-state index contributed by atoms with van der Waals surface area (Å²) in [5.41, 5.74) is -2.13. The first-order chi connectivity index (χ1) is 10.4. The number of fused-ring (bicyclic) bond motifs is 1. The topological polar surface area (TPSA) is 45.8 Å². The van der Waals surface area contributed by atoms with E-state index in [0.29, 0.717) is 22.0 Å². The Kier molecular flexibility index (Phi) is 3.80. The third-order valence-electron chi connectivity index (χ3n) is 3.39. The van der Waals surface area contributed by atoms with Crippen molar-refractivity contribution in [1.29, 1.82) is 0 Å². The second-order valence-corrected chi connectivity index (χ2v) is 6.22. The van der Waals surface area contributed by atoms with Crippen molar-refractivity contribution in [1.82, 2.24) is 10.2 Å². The van der Waals surface area contributed by atoms with Crippen LogP contribution in [0, 0.1) is 0 Å². The molecule has 1 heterocycles. The van der Waals surface area contributed by atoms with Crippen molar-refractivity contribution in [2.45, 2.75) is 5.66 Å². The maximum atomic E-state index is 13.3. The van der Waals surface area contributed by atoms with Crippen LogP contribution >= 0.6 is 18.5 Å². The molecular weight excluding hydrogens is 324 g/mol. The van der Waals surface area contributed by atoms with Gasteiger partial charge in [-0.1, -0.05) is 45.6 Å². The number of aromatic amines is 1. The number of hydrogen-bond acceptors (Lipinski definition) is 2. The normalized spacial score (nSPS) is 11.8. The average Bonchev–Trinajstić information content (AvgIpc) is 2.48. The van der Waals surface area contributed by atoms with Crippen molar-refractivity contribution in [2.24, 2.45) is 0 Å². The van der Waals surface area contributed by atoms with Crippen molar-refractivity contribution in [2.75, 3.05) is 0 Å². The molecule has 0 aliphatic rings. The van der Waals surface area contributed by atoms with E-state index in [-0.39, 0.29) is 11.1 Å². The van der Waals surface area contributed by atoms with Gasteiger partial charge in [0.2, 0.25) is 0 Å².